The van der Waals surface area contributed by atoms with Gasteiger partial charge in [0.1, 0.15) is 17.1 Å². The number of hydrogen-bond donors (Lipinski definition) is 3. The highest BCUT2D eigenvalue weighted by Crippen LogP contribution is 2.46. The number of Topliss-reactive ketones (excluding diaryl/α,β-unsaturated/α-hetero) is 1. The molecule has 1 aromatic heterocycles. The van der Waals surface area contributed by atoms with Crippen LogP contribution in [0.1, 0.15) is 50.4 Å². The van der Waals surface area contributed by atoms with Crippen LogP contribution in [0.4, 0.5) is 0 Å². The summed E-state index contributed by atoms with van der Waals surface area (Å²) in [6.45, 7) is 6.22. The zero-order chi connectivity index (χ0) is 23.0. The van der Waals surface area contributed by atoms with Gasteiger partial charge in [0.15, 0.2) is 5.78 Å². The second kappa shape index (κ2) is 8.65. The molecule has 1 fully saturated rings. The van der Waals surface area contributed by atoms with Gasteiger partial charge in [-0.15, -0.1) is 0 Å². The number of phenolic OH excluding ortho intramolecular Hbond substituents is 1. The van der Waals surface area contributed by atoms with Crippen LogP contribution in [0, 0.1) is 17.8 Å². The van der Waals surface area contributed by atoms with Crippen LogP contribution < -0.4 is 5.56 Å². The number of nitrogens with one attached hydrogen (secondary N) is 1. The van der Waals surface area contributed by atoms with Crippen molar-refractivity contribution in [3.05, 3.63) is 81.3 Å². The van der Waals surface area contributed by atoms with Gasteiger partial charge in [0, 0.05) is 23.3 Å². The van der Waals surface area contributed by atoms with E-state index >= 15 is 0 Å². The van der Waals surface area contributed by atoms with Crippen LogP contribution in [0.3, 0.4) is 0 Å². The molecule has 5 heteroatoms. The van der Waals surface area contributed by atoms with Gasteiger partial charge in [-0.3, -0.25) is 9.59 Å². The number of phenols is 1. The molecule has 0 bridgehead atoms. The molecule has 0 spiro atoms. The zero-order valence-electron chi connectivity index (χ0n) is 18.7. The van der Waals surface area contributed by atoms with Crippen molar-refractivity contribution in [2.24, 2.45) is 17.8 Å². The Balaban J connectivity index is 1.83. The van der Waals surface area contributed by atoms with E-state index in [1.165, 1.54) is 23.9 Å². The number of allylic oxidation sites excluding steroid dienone is 6. The van der Waals surface area contributed by atoms with E-state index in [1.54, 1.807) is 12.1 Å². The van der Waals surface area contributed by atoms with Crippen LogP contribution in [0.2, 0.25) is 0 Å². The topological polar surface area (TPSA) is 90.4 Å². The van der Waals surface area contributed by atoms with Crippen molar-refractivity contribution >= 4 is 5.78 Å². The van der Waals surface area contributed by atoms with Crippen LogP contribution in [0.15, 0.2) is 70.2 Å². The molecule has 2 aliphatic carbocycles. The van der Waals surface area contributed by atoms with Crippen molar-refractivity contribution < 1.29 is 15.0 Å². The maximum absolute atomic E-state index is 13.7. The van der Waals surface area contributed by atoms with Crippen molar-refractivity contribution in [2.75, 3.05) is 0 Å². The first kappa shape index (κ1) is 21.9. The molecule has 0 amide bonds. The zero-order valence-corrected chi connectivity index (χ0v) is 18.7. The fraction of sp³-hybridized carbons (Fsp3) is 0.333. The first-order valence-corrected chi connectivity index (χ1v) is 11.1. The lowest BCUT2D eigenvalue weighted by molar-refractivity contribution is 0.101. The third-order valence-electron chi connectivity index (χ3n) is 6.82. The highest BCUT2D eigenvalue weighted by Gasteiger charge is 2.38. The summed E-state index contributed by atoms with van der Waals surface area (Å²) in [4.78, 5) is 29.0. The lowest BCUT2D eigenvalue weighted by Crippen LogP contribution is -2.31. The normalized spacial score (nSPS) is 23.2. The monoisotopic (exact) mass is 431 g/mol. The number of benzene rings is 1. The number of rotatable bonds is 4. The second-order valence-electron chi connectivity index (χ2n) is 8.98. The summed E-state index contributed by atoms with van der Waals surface area (Å²) in [6, 6.07) is 6.24. The number of carbonyl (C=O) groups is 1. The summed E-state index contributed by atoms with van der Waals surface area (Å²) in [6.07, 6.45) is 10.5. The summed E-state index contributed by atoms with van der Waals surface area (Å²) < 4.78 is 0. The van der Waals surface area contributed by atoms with Gasteiger partial charge in [-0.1, -0.05) is 48.4 Å². The van der Waals surface area contributed by atoms with Crippen molar-refractivity contribution in [3.63, 3.8) is 0 Å². The largest absolute Gasteiger partial charge is 0.508 e. The predicted octanol–water partition coefficient (Wildman–Crippen LogP) is 5.52. The van der Waals surface area contributed by atoms with E-state index in [9.17, 15) is 19.8 Å². The van der Waals surface area contributed by atoms with Gasteiger partial charge < -0.3 is 15.2 Å². The van der Waals surface area contributed by atoms with Crippen LogP contribution in [-0.4, -0.2) is 21.0 Å². The number of aromatic hydroxyl groups is 2. The van der Waals surface area contributed by atoms with Gasteiger partial charge >= 0.3 is 0 Å². The van der Waals surface area contributed by atoms with Crippen molar-refractivity contribution in [3.8, 4) is 22.6 Å². The first-order chi connectivity index (χ1) is 15.3. The summed E-state index contributed by atoms with van der Waals surface area (Å²) in [5, 5.41) is 20.5. The number of fused-ring (bicyclic) bond motifs is 1. The molecule has 2 aliphatic rings. The molecule has 0 aliphatic heterocycles. The summed E-state index contributed by atoms with van der Waals surface area (Å²) in [5.41, 5.74) is 3.12. The predicted molar refractivity (Wildman–Crippen MR) is 126 cm³/mol. The molecule has 32 heavy (non-hydrogen) atoms. The molecular formula is C27H29NO4. The van der Waals surface area contributed by atoms with Gasteiger partial charge in [-0.2, -0.15) is 0 Å². The highest BCUT2D eigenvalue weighted by atomic mass is 16.3. The molecule has 1 saturated carbocycles. The minimum atomic E-state index is -0.611. The maximum atomic E-state index is 13.7. The number of aromatic nitrogens is 1. The Labute approximate surface area is 187 Å². The van der Waals surface area contributed by atoms with E-state index in [-0.39, 0.29) is 28.9 Å². The van der Waals surface area contributed by atoms with E-state index in [1.807, 2.05) is 32.1 Å². The van der Waals surface area contributed by atoms with E-state index < -0.39 is 11.3 Å². The summed E-state index contributed by atoms with van der Waals surface area (Å²) in [7, 11) is 0. The fourth-order valence-corrected chi connectivity index (χ4v) is 5.17. The van der Waals surface area contributed by atoms with E-state index in [0.29, 0.717) is 22.6 Å². The minimum absolute atomic E-state index is 0.0929. The Morgan fingerprint density at radius 1 is 1.19 bits per heavy atom. The number of ketones is 1. The molecule has 3 N–H and O–H groups in total. The Morgan fingerprint density at radius 3 is 2.59 bits per heavy atom. The number of pyridine rings is 1. The van der Waals surface area contributed by atoms with Crippen molar-refractivity contribution in [1.82, 2.24) is 4.98 Å². The third-order valence-corrected chi connectivity index (χ3v) is 6.82. The second-order valence-corrected chi connectivity index (χ2v) is 8.98. The average molecular weight is 432 g/mol. The van der Waals surface area contributed by atoms with Gasteiger partial charge in [0.25, 0.3) is 5.56 Å². The van der Waals surface area contributed by atoms with E-state index in [4.69, 9.17) is 0 Å². The molecule has 2 aromatic rings. The highest BCUT2D eigenvalue weighted by molar-refractivity contribution is 6.12. The van der Waals surface area contributed by atoms with Crippen LogP contribution >= 0.6 is 0 Å². The lowest BCUT2D eigenvalue weighted by atomic mass is 9.65. The van der Waals surface area contributed by atoms with Gasteiger partial charge in [-0.05, 0) is 62.6 Å². The molecule has 5 nitrogen and oxygen atoms in total. The molecule has 0 radical (unpaired) electrons. The Bertz CT molecular complexity index is 1200. The minimum Gasteiger partial charge on any atom is -0.508 e. The molecule has 0 saturated heterocycles. The Kier molecular flexibility index (Phi) is 5.92. The van der Waals surface area contributed by atoms with Crippen LogP contribution in [0.25, 0.3) is 11.1 Å². The van der Waals surface area contributed by atoms with Crippen molar-refractivity contribution in [1.29, 1.82) is 0 Å². The molecule has 166 valence electrons. The smallest absolute Gasteiger partial charge is 0.263 e. The third kappa shape index (κ3) is 3.83. The first-order valence-electron chi connectivity index (χ1n) is 11.1. The molecule has 3 unspecified atom stereocenters. The molecule has 3 atom stereocenters. The molecule has 4 rings (SSSR count). The average Bonchev–Trinajstić information content (AvgIpc) is 2.76. The van der Waals surface area contributed by atoms with Gasteiger partial charge in [0.2, 0.25) is 0 Å². The fourth-order valence-electron chi connectivity index (χ4n) is 5.17. The summed E-state index contributed by atoms with van der Waals surface area (Å²) in [5.74, 6) is 0.00674. The lowest BCUT2D eigenvalue weighted by Gasteiger charge is -2.39. The molecule has 1 aromatic carbocycles. The Morgan fingerprint density at radius 2 is 1.91 bits per heavy atom. The molecule has 1 heterocycles. The SMILES string of the molecule is C/C=C/C1C(C(=O)c2c(O)c(-c3ccc(O)cc3)c[nH]c2=O)=CC(C)=C2CCC(C)CC21. The number of hydrogen-bond acceptors (Lipinski definition) is 4. The number of carbonyl (C=O) groups excluding carboxylic acids is 1. The molecular weight excluding hydrogens is 402 g/mol. The van der Waals surface area contributed by atoms with Crippen molar-refractivity contribution in [2.45, 2.75) is 40.0 Å². The number of H-pyrrole nitrogens is 1. The standard InChI is InChI=1S/C27H29NO4/c1-4-5-20-21-12-15(2)6-11-19(21)16(3)13-22(20)25(30)24-26(31)23(14-28-27(24)32)17-7-9-18(29)10-8-17/h4-5,7-10,13-15,20-21,29H,6,11-12H2,1-3H3,(H2,28,31,32)/b5-4+. The van der Waals surface area contributed by atoms with Crippen LogP contribution in [-0.2, 0) is 0 Å². The van der Waals surface area contributed by atoms with Crippen LogP contribution in [0.5, 0.6) is 11.5 Å². The number of aromatic amines is 1. The van der Waals surface area contributed by atoms with Gasteiger partial charge in [-0.25, -0.2) is 0 Å². The van der Waals surface area contributed by atoms with Gasteiger partial charge in [0.05, 0.1) is 0 Å². The van der Waals surface area contributed by atoms with E-state index in [0.717, 1.165) is 24.8 Å². The maximum Gasteiger partial charge on any atom is 0.263 e. The quantitative estimate of drug-likeness (QED) is 0.439. The van der Waals surface area contributed by atoms with E-state index in [2.05, 4.69) is 11.9 Å². The summed E-state index contributed by atoms with van der Waals surface area (Å²) >= 11 is 0. The Hall–Kier alpha value is -3.34.